The average Bonchev–Trinajstić information content (AvgIpc) is 2.33. The summed E-state index contributed by atoms with van der Waals surface area (Å²) in [6.45, 7) is 3.79. The van der Waals surface area contributed by atoms with Gasteiger partial charge in [-0.3, -0.25) is 4.79 Å². The maximum absolute atomic E-state index is 13.8. The first-order chi connectivity index (χ1) is 9.40. The Bertz CT molecular complexity index is 642. The third-order valence-electron chi connectivity index (χ3n) is 2.93. The van der Waals surface area contributed by atoms with Gasteiger partial charge in [-0.2, -0.15) is 0 Å². The topological polar surface area (TPSA) is 29.1 Å². The number of halogens is 3. The lowest BCUT2D eigenvalue weighted by molar-refractivity contribution is 0.102. The normalized spacial score (nSPS) is 10.4. The van der Waals surface area contributed by atoms with Crippen LogP contribution in [-0.4, -0.2) is 5.91 Å². The van der Waals surface area contributed by atoms with Crippen LogP contribution in [0.5, 0.6) is 0 Å². The van der Waals surface area contributed by atoms with Crippen molar-refractivity contribution in [3.63, 3.8) is 0 Å². The molecule has 0 aliphatic rings. The number of amides is 1. The molecule has 0 heterocycles. The maximum atomic E-state index is 13.8. The Kier molecular flexibility index (Phi) is 4.60. The molecule has 104 valence electrons. The van der Waals surface area contributed by atoms with Gasteiger partial charge in [-0.1, -0.05) is 22.0 Å². The van der Waals surface area contributed by atoms with Gasteiger partial charge >= 0.3 is 0 Å². The van der Waals surface area contributed by atoms with E-state index in [1.165, 1.54) is 6.07 Å². The summed E-state index contributed by atoms with van der Waals surface area (Å²) in [7, 11) is 0. The van der Waals surface area contributed by atoms with Crippen LogP contribution in [0.1, 0.15) is 21.5 Å². The largest absolute Gasteiger partial charge is 0.321 e. The fourth-order valence-electron chi connectivity index (χ4n) is 2.00. The Morgan fingerprint density at radius 1 is 1.15 bits per heavy atom. The molecule has 0 atom stereocenters. The third-order valence-corrected chi connectivity index (χ3v) is 4.04. The first-order valence-electron chi connectivity index (χ1n) is 5.92. The molecule has 2 aromatic rings. The zero-order valence-corrected chi connectivity index (χ0v) is 14.1. The molecule has 1 amide bonds. The van der Waals surface area contributed by atoms with Gasteiger partial charge in [0.15, 0.2) is 0 Å². The van der Waals surface area contributed by atoms with E-state index in [1.54, 1.807) is 12.1 Å². The summed E-state index contributed by atoms with van der Waals surface area (Å²) in [5.74, 6) is -1.02. The van der Waals surface area contributed by atoms with Crippen molar-refractivity contribution in [3.05, 3.63) is 61.8 Å². The Morgan fingerprint density at radius 3 is 2.30 bits per heavy atom. The molecule has 0 saturated heterocycles. The number of nitrogens with one attached hydrogen (secondary N) is 1. The smallest absolute Gasteiger partial charge is 0.259 e. The van der Waals surface area contributed by atoms with Gasteiger partial charge in [0.2, 0.25) is 0 Å². The third kappa shape index (κ3) is 3.10. The lowest BCUT2D eigenvalue weighted by atomic mass is 10.1. The second-order valence-electron chi connectivity index (χ2n) is 4.47. The van der Waals surface area contributed by atoms with E-state index in [2.05, 4.69) is 37.2 Å². The minimum atomic E-state index is -0.552. The zero-order chi connectivity index (χ0) is 14.9. The van der Waals surface area contributed by atoms with Gasteiger partial charge in [0.05, 0.1) is 5.56 Å². The van der Waals surface area contributed by atoms with Crippen LogP contribution in [-0.2, 0) is 0 Å². The highest BCUT2D eigenvalue weighted by atomic mass is 79.9. The van der Waals surface area contributed by atoms with Crippen molar-refractivity contribution in [3.8, 4) is 0 Å². The molecule has 0 radical (unpaired) electrons. The van der Waals surface area contributed by atoms with Crippen LogP contribution in [0.3, 0.4) is 0 Å². The molecule has 20 heavy (non-hydrogen) atoms. The lowest BCUT2D eigenvalue weighted by Gasteiger charge is -2.13. The van der Waals surface area contributed by atoms with Gasteiger partial charge in [-0.25, -0.2) is 4.39 Å². The number of carbonyl (C=O) groups is 1. The summed E-state index contributed by atoms with van der Waals surface area (Å²) < 4.78 is 15.1. The van der Waals surface area contributed by atoms with E-state index in [4.69, 9.17) is 0 Å². The molecule has 0 aliphatic heterocycles. The molecule has 0 aliphatic carbocycles. The molecule has 2 nitrogen and oxygen atoms in total. The van der Waals surface area contributed by atoms with Crippen LogP contribution >= 0.6 is 31.9 Å². The van der Waals surface area contributed by atoms with Crippen molar-refractivity contribution in [2.75, 3.05) is 5.32 Å². The lowest BCUT2D eigenvalue weighted by Crippen LogP contribution is -2.16. The fraction of sp³-hybridized carbons (Fsp3) is 0.133. The Morgan fingerprint density at radius 2 is 1.75 bits per heavy atom. The van der Waals surface area contributed by atoms with Gasteiger partial charge in [0.25, 0.3) is 5.91 Å². The monoisotopic (exact) mass is 399 g/mol. The predicted octanol–water partition coefficient (Wildman–Crippen LogP) is 5.22. The van der Waals surface area contributed by atoms with Gasteiger partial charge in [-0.15, -0.1) is 0 Å². The van der Waals surface area contributed by atoms with E-state index in [9.17, 15) is 9.18 Å². The first kappa shape index (κ1) is 15.2. The summed E-state index contributed by atoms with van der Waals surface area (Å²) in [4.78, 5) is 12.3. The average molecular weight is 401 g/mol. The molecule has 5 heteroatoms. The van der Waals surface area contributed by atoms with Crippen LogP contribution < -0.4 is 5.32 Å². The number of hydrogen-bond donors (Lipinski definition) is 1. The Balaban J connectivity index is 2.38. The van der Waals surface area contributed by atoms with Crippen molar-refractivity contribution < 1.29 is 9.18 Å². The molecule has 0 fully saturated rings. The SMILES string of the molecule is Cc1cc(Br)cc(C)c1NC(=O)c1c(F)cccc1Br. The molecule has 0 bridgehead atoms. The summed E-state index contributed by atoms with van der Waals surface area (Å²) in [6, 6.07) is 8.25. The minimum Gasteiger partial charge on any atom is -0.321 e. The number of aryl methyl sites for hydroxylation is 2. The van der Waals surface area contributed by atoms with Crippen LogP contribution in [0.2, 0.25) is 0 Å². The Labute approximate surface area is 133 Å². The zero-order valence-electron chi connectivity index (χ0n) is 10.9. The summed E-state index contributed by atoms with van der Waals surface area (Å²) in [6.07, 6.45) is 0. The van der Waals surface area contributed by atoms with Gasteiger partial charge in [0, 0.05) is 14.6 Å². The van der Waals surface area contributed by atoms with E-state index in [0.29, 0.717) is 10.2 Å². The van der Waals surface area contributed by atoms with Crippen LogP contribution in [0.4, 0.5) is 10.1 Å². The second-order valence-corrected chi connectivity index (χ2v) is 6.24. The number of anilines is 1. The molecule has 2 rings (SSSR count). The fourth-order valence-corrected chi connectivity index (χ4v) is 3.21. The summed E-state index contributed by atoms with van der Waals surface area (Å²) in [5, 5.41) is 2.77. The number of rotatable bonds is 2. The number of carbonyl (C=O) groups excluding carboxylic acids is 1. The summed E-state index contributed by atoms with van der Waals surface area (Å²) in [5.41, 5.74) is 2.54. The van der Waals surface area contributed by atoms with E-state index in [1.807, 2.05) is 26.0 Å². The van der Waals surface area contributed by atoms with E-state index < -0.39 is 11.7 Å². The van der Waals surface area contributed by atoms with Gasteiger partial charge in [-0.05, 0) is 65.2 Å². The quantitative estimate of drug-likeness (QED) is 0.735. The van der Waals surface area contributed by atoms with Crippen molar-refractivity contribution in [2.45, 2.75) is 13.8 Å². The highest BCUT2D eigenvalue weighted by Gasteiger charge is 2.17. The Hall–Kier alpha value is -1.20. The van der Waals surface area contributed by atoms with E-state index >= 15 is 0 Å². The van der Waals surface area contributed by atoms with Crippen LogP contribution in [0.15, 0.2) is 39.3 Å². The standard InChI is InChI=1S/C15H12Br2FNO/c1-8-6-10(16)7-9(2)14(8)19-15(20)13-11(17)4-3-5-12(13)18/h3-7H,1-2H3,(H,19,20). The van der Waals surface area contributed by atoms with E-state index in [-0.39, 0.29) is 5.56 Å². The second kappa shape index (κ2) is 6.06. The molecule has 0 saturated carbocycles. The summed E-state index contributed by atoms with van der Waals surface area (Å²) >= 11 is 6.60. The molecular weight excluding hydrogens is 389 g/mol. The molecule has 2 aromatic carbocycles. The maximum Gasteiger partial charge on any atom is 0.259 e. The van der Waals surface area contributed by atoms with Crippen molar-refractivity contribution in [1.82, 2.24) is 0 Å². The molecule has 0 unspecified atom stereocenters. The first-order valence-corrected chi connectivity index (χ1v) is 7.51. The van der Waals surface area contributed by atoms with Gasteiger partial charge in [0.1, 0.15) is 5.82 Å². The molecular formula is C15H12Br2FNO. The van der Waals surface area contributed by atoms with Crippen molar-refractivity contribution >= 4 is 43.5 Å². The molecule has 1 N–H and O–H groups in total. The number of benzene rings is 2. The van der Waals surface area contributed by atoms with Crippen LogP contribution in [0, 0.1) is 19.7 Å². The van der Waals surface area contributed by atoms with Gasteiger partial charge < -0.3 is 5.32 Å². The highest BCUT2D eigenvalue weighted by molar-refractivity contribution is 9.10. The van der Waals surface area contributed by atoms with E-state index in [0.717, 1.165) is 15.6 Å². The van der Waals surface area contributed by atoms with Crippen molar-refractivity contribution in [1.29, 1.82) is 0 Å². The predicted molar refractivity (Wildman–Crippen MR) is 85.7 cm³/mol. The van der Waals surface area contributed by atoms with Crippen molar-refractivity contribution in [2.24, 2.45) is 0 Å². The molecule has 0 aromatic heterocycles. The minimum absolute atomic E-state index is 0.00854. The van der Waals surface area contributed by atoms with Crippen LogP contribution in [0.25, 0.3) is 0 Å². The highest BCUT2D eigenvalue weighted by Crippen LogP contribution is 2.27. The molecule has 0 spiro atoms. The number of hydrogen-bond acceptors (Lipinski definition) is 1.